The number of cyclic esters (lactones) is 1. The number of hydrogen-bond acceptors (Lipinski definition) is 4. The van der Waals surface area contributed by atoms with Gasteiger partial charge in [0.15, 0.2) is 0 Å². The second-order valence-corrected chi connectivity index (χ2v) is 4.21. The number of aliphatic hydroxyl groups excluding tert-OH is 1. The van der Waals surface area contributed by atoms with Gasteiger partial charge >= 0.3 is 6.09 Å². The predicted molar refractivity (Wildman–Crippen MR) is 53.1 cm³/mol. The zero-order valence-corrected chi connectivity index (χ0v) is 9.27. The van der Waals surface area contributed by atoms with Crippen LogP contribution in [-0.2, 0) is 9.53 Å². The molecule has 1 N–H and O–H groups in total. The molecule has 86 valence electrons. The van der Waals surface area contributed by atoms with Gasteiger partial charge in [-0.25, -0.2) is 9.69 Å². The molecule has 0 spiro atoms. The molecule has 1 aliphatic rings. The van der Waals surface area contributed by atoms with E-state index in [1.165, 1.54) is 6.92 Å². The Hall–Kier alpha value is -1.10. The van der Waals surface area contributed by atoms with Crippen molar-refractivity contribution in [1.29, 1.82) is 0 Å². The molecule has 1 fully saturated rings. The molecule has 0 aliphatic carbocycles. The van der Waals surface area contributed by atoms with Crippen LogP contribution in [0.25, 0.3) is 0 Å². The highest BCUT2D eigenvalue weighted by molar-refractivity contribution is 5.93. The zero-order chi connectivity index (χ0) is 11.6. The first-order valence-corrected chi connectivity index (χ1v) is 5.10. The fourth-order valence-corrected chi connectivity index (χ4v) is 1.56. The highest BCUT2D eigenvalue weighted by atomic mass is 16.6. The number of ether oxygens (including phenoxy) is 1. The third-order valence-corrected chi connectivity index (χ3v) is 2.41. The number of aliphatic hydroxyl groups is 1. The average molecular weight is 215 g/mol. The van der Waals surface area contributed by atoms with Crippen LogP contribution in [0.1, 0.15) is 27.2 Å². The molecular formula is C10H17NO4. The highest BCUT2D eigenvalue weighted by Gasteiger charge is 2.39. The van der Waals surface area contributed by atoms with E-state index >= 15 is 0 Å². The number of imide groups is 1. The molecule has 0 aromatic rings. The fourth-order valence-electron chi connectivity index (χ4n) is 1.56. The van der Waals surface area contributed by atoms with Crippen LogP contribution in [0.4, 0.5) is 4.79 Å². The summed E-state index contributed by atoms with van der Waals surface area (Å²) in [6.45, 7) is 5.62. The summed E-state index contributed by atoms with van der Waals surface area (Å²) in [5.74, 6) is -0.208. The Morgan fingerprint density at radius 2 is 2.20 bits per heavy atom. The van der Waals surface area contributed by atoms with Crippen LogP contribution >= 0.6 is 0 Å². The molecule has 5 heteroatoms. The van der Waals surface area contributed by atoms with E-state index < -0.39 is 12.2 Å². The number of nitrogens with zero attached hydrogens (tertiary/aromatic N) is 1. The van der Waals surface area contributed by atoms with Crippen molar-refractivity contribution in [2.24, 2.45) is 5.92 Å². The van der Waals surface area contributed by atoms with E-state index in [0.717, 1.165) is 4.90 Å². The van der Waals surface area contributed by atoms with Crippen molar-refractivity contribution in [1.82, 2.24) is 4.90 Å². The fraction of sp³-hybridized carbons (Fsp3) is 0.800. The summed E-state index contributed by atoms with van der Waals surface area (Å²) in [5, 5.41) is 9.09. The molecule has 2 atom stereocenters. The Labute approximate surface area is 89.0 Å². The molecule has 1 saturated heterocycles. The first-order chi connectivity index (χ1) is 6.93. The lowest BCUT2D eigenvalue weighted by Gasteiger charge is -2.22. The second-order valence-electron chi connectivity index (χ2n) is 4.21. The minimum Gasteiger partial charge on any atom is -0.447 e. The molecule has 0 unspecified atom stereocenters. The first kappa shape index (κ1) is 12.0. The number of carbonyl (C=O) groups is 2. The van der Waals surface area contributed by atoms with Crippen molar-refractivity contribution in [3.63, 3.8) is 0 Å². The maximum absolute atomic E-state index is 11.6. The van der Waals surface area contributed by atoms with E-state index in [9.17, 15) is 9.59 Å². The molecule has 2 amide bonds. The molecule has 0 radical (unpaired) electrons. The van der Waals surface area contributed by atoms with Crippen LogP contribution in [0.3, 0.4) is 0 Å². The van der Waals surface area contributed by atoms with Gasteiger partial charge in [-0.2, -0.15) is 0 Å². The van der Waals surface area contributed by atoms with Gasteiger partial charge in [-0.3, -0.25) is 4.79 Å². The number of rotatable bonds is 3. The summed E-state index contributed by atoms with van der Waals surface area (Å²) in [6, 6.07) is -0.205. The topological polar surface area (TPSA) is 66.8 Å². The third kappa shape index (κ3) is 2.68. The average Bonchev–Trinajstić information content (AvgIpc) is 2.45. The quantitative estimate of drug-likeness (QED) is 0.754. The zero-order valence-electron chi connectivity index (χ0n) is 9.27. The van der Waals surface area contributed by atoms with E-state index in [4.69, 9.17) is 9.84 Å². The standard InChI is InChI=1S/C10H17NO4/c1-6(2)8-5-15-10(14)11(8)9(13)4-7(3)12/h6-8,12H,4-5H2,1-3H3/t7-,8-/m1/s1. The van der Waals surface area contributed by atoms with Gasteiger partial charge in [0.05, 0.1) is 18.6 Å². The van der Waals surface area contributed by atoms with Crippen LogP contribution in [0.15, 0.2) is 0 Å². The summed E-state index contributed by atoms with van der Waals surface area (Å²) >= 11 is 0. The number of hydrogen-bond donors (Lipinski definition) is 1. The van der Waals surface area contributed by atoms with E-state index in [2.05, 4.69) is 0 Å². The molecular weight excluding hydrogens is 198 g/mol. The van der Waals surface area contributed by atoms with Gasteiger partial charge < -0.3 is 9.84 Å². The summed E-state index contributed by atoms with van der Waals surface area (Å²) < 4.78 is 4.83. The molecule has 0 aromatic carbocycles. The van der Waals surface area contributed by atoms with Gasteiger partial charge in [-0.05, 0) is 12.8 Å². The Balaban J connectivity index is 2.71. The second kappa shape index (κ2) is 4.61. The van der Waals surface area contributed by atoms with E-state index in [1.807, 2.05) is 13.8 Å². The van der Waals surface area contributed by atoms with Gasteiger partial charge in [0.25, 0.3) is 0 Å². The Kier molecular flexibility index (Phi) is 3.68. The van der Waals surface area contributed by atoms with Crippen LogP contribution in [0, 0.1) is 5.92 Å². The molecule has 0 saturated carbocycles. The van der Waals surface area contributed by atoms with Crippen LogP contribution in [-0.4, -0.2) is 40.8 Å². The monoisotopic (exact) mass is 215 g/mol. The Bertz CT molecular complexity index is 262. The smallest absolute Gasteiger partial charge is 0.416 e. The Morgan fingerprint density at radius 1 is 1.60 bits per heavy atom. The lowest BCUT2D eigenvalue weighted by molar-refractivity contribution is -0.131. The molecule has 1 aliphatic heterocycles. The lowest BCUT2D eigenvalue weighted by atomic mass is 10.0. The van der Waals surface area contributed by atoms with Gasteiger partial charge in [-0.15, -0.1) is 0 Å². The largest absolute Gasteiger partial charge is 0.447 e. The van der Waals surface area contributed by atoms with Crippen molar-refractivity contribution < 1.29 is 19.4 Å². The van der Waals surface area contributed by atoms with E-state index in [0.29, 0.717) is 0 Å². The van der Waals surface area contributed by atoms with Crippen molar-refractivity contribution in [3.05, 3.63) is 0 Å². The third-order valence-electron chi connectivity index (χ3n) is 2.41. The number of amides is 2. The van der Waals surface area contributed by atoms with Gasteiger partial charge in [0.2, 0.25) is 5.91 Å². The maximum Gasteiger partial charge on any atom is 0.416 e. The summed E-state index contributed by atoms with van der Waals surface area (Å²) in [4.78, 5) is 24.1. The highest BCUT2D eigenvalue weighted by Crippen LogP contribution is 2.20. The molecule has 1 rings (SSSR count). The summed E-state index contributed by atoms with van der Waals surface area (Å²) in [6.07, 6.45) is -1.38. The lowest BCUT2D eigenvalue weighted by Crippen LogP contribution is -2.42. The normalized spacial score (nSPS) is 23.1. The van der Waals surface area contributed by atoms with Gasteiger partial charge in [0.1, 0.15) is 6.61 Å². The maximum atomic E-state index is 11.6. The Morgan fingerprint density at radius 3 is 2.67 bits per heavy atom. The van der Waals surface area contributed by atoms with Crippen molar-refractivity contribution in [3.8, 4) is 0 Å². The molecule has 1 heterocycles. The first-order valence-electron chi connectivity index (χ1n) is 5.10. The predicted octanol–water partition coefficient (Wildman–Crippen LogP) is 0.761. The SMILES string of the molecule is CC(C)[C@H]1COC(=O)N1C(=O)C[C@@H](C)O. The van der Waals surface area contributed by atoms with E-state index in [-0.39, 0.29) is 30.9 Å². The van der Waals surface area contributed by atoms with Crippen LogP contribution < -0.4 is 0 Å². The van der Waals surface area contributed by atoms with Gasteiger partial charge in [-0.1, -0.05) is 13.8 Å². The molecule has 15 heavy (non-hydrogen) atoms. The minimum atomic E-state index is -0.737. The molecule has 0 aromatic heterocycles. The molecule has 5 nitrogen and oxygen atoms in total. The van der Waals surface area contributed by atoms with Gasteiger partial charge in [0, 0.05) is 0 Å². The van der Waals surface area contributed by atoms with Crippen LogP contribution in [0.5, 0.6) is 0 Å². The van der Waals surface area contributed by atoms with Crippen molar-refractivity contribution in [2.45, 2.75) is 39.3 Å². The van der Waals surface area contributed by atoms with Crippen molar-refractivity contribution in [2.75, 3.05) is 6.61 Å². The number of carbonyl (C=O) groups excluding carboxylic acids is 2. The summed E-state index contributed by atoms with van der Waals surface area (Å²) in [5.41, 5.74) is 0. The molecule has 0 bridgehead atoms. The van der Waals surface area contributed by atoms with Crippen LogP contribution in [0.2, 0.25) is 0 Å². The minimum absolute atomic E-state index is 0.0433. The van der Waals surface area contributed by atoms with E-state index in [1.54, 1.807) is 0 Å². The van der Waals surface area contributed by atoms with Crippen molar-refractivity contribution >= 4 is 12.0 Å². The summed E-state index contributed by atoms with van der Waals surface area (Å²) in [7, 11) is 0.